The van der Waals surface area contributed by atoms with E-state index >= 15 is 0 Å². The standard InChI is InChI=1S/C12H17N3O3.ClH/c1-8(13)6-12(16)14-7-10-4-3-5-11(9(10)2)15(17)18;/h3-5,8H,6-7,13H2,1-2H3,(H,14,16);1H. The van der Waals surface area contributed by atoms with Crippen molar-refractivity contribution in [3.8, 4) is 0 Å². The van der Waals surface area contributed by atoms with Gasteiger partial charge < -0.3 is 11.1 Å². The molecule has 6 nitrogen and oxygen atoms in total. The number of carbonyl (C=O) groups excluding carboxylic acids is 1. The molecule has 7 heteroatoms. The van der Waals surface area contributed by atoms with E-state index in [9.17, 15) is 14.9 Å². The molecule has 106 valence electrons. The Morgan fingerprint density at radius 3 is 2.68 bits per heavy atom. The SMILES string of the molecule is Cc1c(CNC(=O)CC(C)N)cccc1[N+](=O)[O-].Cl. The Morgan fingerprint density at radius 2 is 2.16 bits per heavy atom. The van der Waals surface area contributed by atoms with Crippen molar-refractivity contribution in [3.63, 3.8) is 0 Å². The van der Waals surface area contributed by atoms with Crippen molar-refractivity contribution in [2.75, 3.05) is 0 Å². The molecule has 0 saturated heterocycles. The zero-order chi connectivity index (χ0) is 13.7. The maximum atomic E-state index is 11.4. The van der Waals surface area contributed by atoms with E-state index in [1.165, 1.54) is 6.07 Å². The van der Waals surface area contributed by atoms with Crippen LogP contribution < -0.4 is 11.1 Å². The van der Waals surface area contributed by atoms with Crippen LogP contribution in [0.1, 0.15) is 24.5 Å². The Hall–Kier alpha value is -1.66. The maximum Gasteiger partial charge on any atom is 0.272 e. The molecular formula is C12H18ClN3O3. The Bertz CT molecular complexity index is 464. The van der Waals surface area contributed by atoms with Crippen LogP contribution in [0.15, 0.2) is 18.2 Å². The van der Waals surface area contributed by atoms with Gasteiger partial charge in [0.05, 0.1) is 4.92 Å². The lowest BCUT2D eigenvalue weighted by molar-refractivity contribution is -0.385. The van der Waals surface area contributed by atoms with Gasteiger partial charge in [0.2, 0.25) is 5.91 Å². The predicted octanol–water partition coefficient (Wildman–Crippen LogP) is 1.68. The first-order chi connectivity index (χ1) is 8.41. The first kappa shape index (κ1) is 17.3. The molecule has 1 unspecified atom stereocenters. The van der Waals surface area contributed by atoms with Gasteiger partial charge in [-0.05, 0) is 19.4 Å². The largest absolute Gasteiger partial charge is 0.352 e. The molecule has 0 fully saturated rings. The van der Waals surface area contributed by atoms with Gasteiger partial charge in [0, 0.05) is 30.6 Å². The fourth-order valence-corrected chi connectivity index (χ4v) is 1.62. The van der Waals surface area contributed by atoms with Gasteiger partial charge in [-0.3, -0.25) is 14.9 Å². The van der Waals surface area contributed by atoms with E-state index in [1.54, 1.807) is 26.0 Å². The van der Waals surface area contributed by atoms with Gasteiger partial charge in [-0.1, -0.05) is 12.1 Å². The van der Waals surface area contributed by atoms with Gasteiger partial charge in [0.25, 0.3) is 5.69 Å². The minimum absolute atomic E-state index is 0. The molecule has 0 aliphatic rings. The van der Waals surface area contributed by atoms with Crippen molar-refractivity contribution in [2.24, 2.45) is 5.73 Å². The lowest BCUT2D eigenvalue weighted by Crippen LogP contribution is -2.29. The third kappa shape index (κ3) is 5.23. The van der Waals surface area contributed by atoms with Crippen LogP contribution in [0.3, 0.4) is 0 Å². The van der Waals surface area contributed by atoms with Gasteiger partial charge in [0.15, 0.2) is 0 Å². The molecule has 1 aromatic rings. The van der Waals surface area contributed by atoms with Crippen molar-refractivity contribution < 1.29 is 9.72 Å². The lowest BCUT2D eigenvalue weighted by atomic mass is 10.1. The molecule has 3 N–H and O–H groups in total. The average molecular weight is 288 g/mol. The number of nitrogens with two attached hydrogens (primary N) is 1. The molecule has 0 spiro atoms. The molecule has 0 radical (unpaired) electrons. The molecule has 0 saturated carbocycles. The number of nitrogens with one attached hydrogen (secondary N) is 1. The van der Waals surface area contributed by atoms with Crippen molar-refractivity contribution in [1.82, 2.24) is 5.32 Å². The fourth-order valence-electron chi connectivity index (χ4n) is 1.62. The van der Waals surface area contributed by atoms with E-state index in [0.29, 0.717) is 5.56 Å². The number of carbonyl (C=O) groups is 1. The van der Waals surface area contributed by atoms with Crippen LogP contribution in [0.2, 0.25) is 0 Å². The second-order valence-corrected chi connectivity index (χ2v) is 4.28. The highest BCUT2D eigenvalue weighted by molar-refractivity contribution is 5.85. The zero-order valence-electron chi connectivity index (χ0n) is 10.9. The lowest BCUT2D eigenvalue weighted by Gasteiger charge is -2.09. The molecule has 1 atom stereocenters. The summed E-state index contributed by atoms with van der Waals surface area (Å²) in [6.07, 6.45) is 0.244. The molecule has 0 aliphatic heterocycles. The molecule has 19 heavy (non-hydrogen) atoms. The molecule has 0 bridgehead atoms. The number of hydrogen-bond acceptors (Lipinski definition) is 4. The van der Waals surface area contributed by atoms with Crippen molar-refractivity contribution in [2.45, 2.75) is 32.9 Å². The zero-order valence-corrected chi connectivity index (χ0v) is 11.7. The van der Waals surface area contributed by atoms with Crippen LogP contribution in [-0.2, 0) is 11.3 Å². The highest BCUT2D eigenvalue weighted by Gasteiger charge is 2.13. The van der Waals surface area contributed by atoms with Crippen molar-refractivity contribution in [3.05, 3.63) is 39.4 Å². The summed E-state index contributed by atoms with van der Waals surface area (Å²) in [6, 6.07) is 4.62. The number of halogens is 1. The Balaban J connectivity index is 0.00000324. The van der Waals surface area contributed by atoms with Gasteiger partial charge in [-0.25, -0.2) is 0 Å². The number of nitro benzene ring substituents is 1. The topological polar surface area (TPSA) is 98.3 Å². The second kappa shape index (κ2) is 7.70. The van der Waals surface area contributed by atoms with E-state index in [-0.39, 0.29) is 43.0 Å². The summed E-state index contributed by atoms with van der Waals surface area (Å²) in [5, 5.41) is 13.5. The number of benzene rings is 1. The number of amides is 1. The maximum absolute atomic E-state index is 11.4. The molecule has 0 aliphatic carbocycles. The third-order valence-electron chi connectivity index (χ3n) is 2.60. The average Bonchev–Trinajstić information content (AvgIpc) is 2.26. The minimum Gasteiger partial charge on any atom is -0.352 e. The normalized spacial score (nSPS) is 11.3. The van der Waals surface area contributed by atoms with Gasteiger partial charge in [0.1, 0.15) is 0 Å². The first-order valence-corrected chi connectivity index (χ1v) is 5.67. The van der Waals surface area contributed by atoms with Crippen LogP contribution >= 0.6 is 12.4 Å². The predicted molar refractivity (Wildman–Crippen MR) is 75.2 cm³/mol. The van der Waals surface area contributed by atoms with E-state index in [4.69, 9.17) is 5.73 Å². The molecular weight excluding hydrogens is 270 g/mol. The Labute approximate surface area is 117 Å². The monoisotopic (exact) mass is 287 g/mol. The second-order valence-electron chi connectivity index (χ2n) is 4.28. The van der Waals surface area contributed by atoms with E-state index in [0.717, 1.165) is 5.56 Å². The molecule has 1 amide bonds. The van der Waals surface area contributed by atoms with Crippen LogP contribution in [0.4, 0.5) is 5.69 Å². The van der Waals surface area contributed by atoms with E-state index in [1.807, 2.05) is 0 Å². The Morgan fingerprint density at radius 1 is 1.53 bits per heavy atom. The summed E-state index contributed by atoms with van der Waals surface area (Å²) in [7, 11) is 0. The molecule has 0 heterocycles. The van der Waals surface area contributed by atoms with Gasteiger partial charge in [-0.2, -0.15) is 0 Å². The fraction of sp³-hybridized carbons (Fsp3) is 0.417. The summed E-state index contributed by atoms with van der Waals surface area (Å²) in [4.78, 5) is 21.8. The molecule has 1 rings (SSSR count). The smallest absolute Gasteiger partial charge is 0.272 e. The third-order valence-corrected chi connectivity index (χ3v) is 2.60. The number of nitro groups is 1. The highest BCUT2D eigenvalue weighted by atomic mass is 35.5. The molecule has 1 aromatic carbocycles. The summed E-state index contributed by atoms with van der Waals surface area (Å²) < 4.78 is 0. The molecule has 0 aromatic heterocycles. The van der Waals surface area contributed by atoms with E-state index in [2.05, 4.69) is 5.32 Å². The van der Waals surface area contributed by atoms with Crippen molar-refractivity contribution >= 4 is 24.0 Å². The number of hydrogen-bond donors (Lipinski definition) is 2. The van der Waals surface area contributed by atoms with Crippen LogP contribution in [0, 0.1) is 17.0 Å². The van der Waals surface area contributed by atoms with Crippen LogP contribution in [0.25, 0.3) is 0 Å². The highest BCUT2D eigenvalue weighted by Crippen LogP contribution is 2.20. The number of rotatable bonds is 5. The van der Waals surface area contributed by atoms with Gasteiger partial charge in [-0.15, -0.1) is 12.4 Å². The van der Waals surface area contributed by atoms with Crippen molar-refractivity contribution in [1.29, 1.82) is 0 Å². The van der Waals surface area contributed by atoms with E-state index < -0.39 is 4.92 Å². The summed E-state index contributed by atoms with van der Waals surface area (Å²) in [5.41, 5.74) is 6.88. The summed E-state index contributed by atoms with van der Waals surface area (Å²) in [5.74, 6) is -0.157. The summed E-state index contributed by atoms with van der Waals surface area (Å²) in [6.45, 7) is 3.70. The number of nitrogens with zero attached hydrogens (tertiary/aromatic N) is 1. The quantitative estimate of drug-likeness (QED) is 0.636. The first-order valence-electron chi connectivity index (χ1n) is 5.67. The van der Waals surface area contributed by atoms with Gasteiger partial charge >= 0.3 is 0 Å². The van der Waals surface area contributed by atoms with Crippen LogP contribution in [0.5, 0.6) is 0 Å². The van der Waals surface area contributed by atoms with Crippen LogP contribution in [-0.4, -0.2) is 16.9 Å². The summed E-state index contributed by atoms with van der Waals surface area (Å²) >= 11 is 0. The minimum atomic E-state index is -0.428. The Kier molecular flexibility index (Phi) is 7.03.